The van der Waals surface area contributed by atoms with E-state index in [9.17, 15) is 9.59 Å². The predicted molar refractivity (Wildman–Crippen MR) is 59.7 cm³/mol. The molecule has 0 aliphatic carbocycles. The number of aliphatic hydroxyl groups excluding tert-OH is 1. The van der Waals surface area contributed by atoms with Gasteiger partial charge in [-0.25, -0.2) is 0 Å². The highest BCUT2D eigenvalue weighted by atomic mass is 16.3. The quantitative estimate of drug-likeness (QED) is 0.705. The van der Waals surface area contributed by atoms with Gasteiger partial charge in [0.15, 0.2) is 0 Å². The Kier molecular flexibility index (Phi) is 5.25. The summed E-state index contributed by atoms with van der Waals surface area (Å²) in [5.74, 6) is -0.138. The summed E-state index contributed by atoms with van der Waals surface area (Å²) in [7, 11) is 0. The molecule has 0 aromatic heterocycles. The van der Waals surface area contributed by atoms with Crippen LogP contribution in [0.15, 0.2) is 0 Å². The maximum atomic E-state index is 11.6. The van der Waals surface area contributed by atoms with Gasteiger partial charge < -0.3 is 15.3 Å². The smallest absolute Gasteiger partial charge is 0.239 e. The van der Waals surface area contributed by atoms with E-state index < -0.39 is 0 Å². The molecule has 0 saturated carbocycles. The van der Waals surface area contributed by atoms with Crippen LogP contribution in [0, 0.1) is 0 Å². The van der Waals surface area contributed by atoms with Gasteiger partial charge >= 0.3 is 0 Å². The first-order valence-corrected chi connectivity index (χ1v) is 5.81. The lowest BCUT2D eigenvalue weighted by Gasteiger charge is -2.21. The van der Waals surface area contributed by atoms with Crippen LogP contribution in [-0.2, 0) is 9.59 Å². The molecule has 1 saturated heterocycles. The van der Waals surface area contributed by atoms with Gasteiger partial charge in [-0.15, -0.1) is 0 Å². The summed E-state index contributed by atoms with van der Waals surface area (Å²) in [5.41, 5.74) is 0. The molecule has 0 aromatic carbocycles. The van der Waals surface area contributed by atoms with Gasteiger partial charge in [-0.3, -0.25) is 9.59 Å². The van der Waals surface area contributed by atoms with E-state index in [0.29, 0.717) is 13.0 Å². The minimum absolute atomic E-state index is 0.0595. The van der Waals surface area contributed by atoms with E-state index in [1.807, 2.05) is 0 Å². The zero-order chi connectivity index (χ0) is 12.0. The normalized spacial score (nSPS) is 19.1. The minimum atomic E-state index is -0.255. The number of likely N-dealkylation sites (tertiary alicyclic amines) is 1. The molecule has 0 aromatic rings. The summed E-state index contributed by atoms with van der Waals surface area (Å²) in [4.78, 5) is 24.7. The standard InChI is InChI=1S/C11H20N2O3/c1-9(8-14)12-10(15)7-13-6-4-2-3-5-11(13)16/h9,14H,2-8H2,1H3,(H,12,15). The monoisotopic (exact) mass is 228 g/mol. The molecule has 1 unspecified atom stereocenters. The molecular weight excluding hydrogens is 208 g/mol. The second-order valence-corrected chi connectivity index (χ2v) is 4.28. The number of amides is 2. The zero-order valence-electron chi connectivity index (χ0n) is 9.74. The summed E-state index contributed by atoms with van der Waals surface area (Å²) in [6.45, 7) is 2.42. The highest BCUT2D eigenvalue weighted by Gasteiger charge is 2.19. The fraction of sp³-hybridized carbons (Fsp3) is 0.818. The average Bonchev–Trinajstić information content (AvgIpc) is 2.44. The molecule has 92 valence electrons. The molecule has 1 aliphatic rings. The third kappa shape index (κ3) is 4.18. The van der Waals surface area contributed by atoms with Gasteiger partial charge in [0.05, 0.1) is 13.2 Å². The first kappa shape index (κ1) is 13.0. The van der Waals surface area contributed by atoms with Crippen molar-refractivity contribution in [3.05, 3.63) is 0 Å². The molecule has 2 N–H and O–H groups in total. The number of hydrogen-bond donors (Lipinski definition) is 2. The van der Waals surface area contributed by atoms with Crippen LogP contribution in [0.25, 0.3) is 0 Å². The molecule has 5 nitrogen and oxygen atoms in total. The molecule has 1 aliphatic heterocycles. The van der Waals surface area contributed by atoms with Gasteiger partial charge in [-0.1, -0.05) is 6.42 Å². The maximum Gasteiger partial charge on any atom is 0.239 e. The second kappa shape index (κ2) is 6.48. The minimum Gasteiger partial charge on any atom is -0.394 e. The number of hydrogen-bond acceptors (Lipinski definition) is 3. The maximum absolute atomic E-state index is 11.6. The third-order valence-electron chi connectivity index (χ3n) is 2.69. The number of nitrogens with one attached hydrogen (secondary N) is 1. The van der Waals surface area contributed by atoms with Gasteiger partial charge in [0, 0.05) is 19.0 Å². The van der Waals surface area contributed by atoms with E-state index in [1.54, 1.807) is 11.8 Å². The fourth-order valence-electron chi connectivity index (χ4n) is 1.75. The molecule has 0 radical (unpaired) electrons. The van der Waals surface area contributed by atoms with Crippen LogP contribution in [-0.4, -0.2) is 47.6 Å². The number of carbonyl (C=O) groups excluding carboxylic acids is 2. The summed E-state index contributed by atoms with van der Waals surface area (Å²) in [6.07, 6.45) is 3.48. The second-order valence-electron chi connectivity index (χ2n) is 4.28. The van der Waals surface area contributed by atoms with Crippen LogP contribution >= 0.6 is 0 Å². The van der Waals surface area contributed by atoms with Crippen LogP contribution in [0.5, 0.6) is 0 Å². The summed E-state index contributed by atoms with van der Waals surface area (Å²) in [6, 6.07) is -0.255. The van der Waals surface area contributed by atoms with Crippen molar-refractivity contribution in [1.82, 2.24) is 10.2 Å². The van der Waals surface area contributed by atoms with Crippen LogP contribution in [0.2, 0.25) is 0 Å². The van der Waals surface area contributed by atoms with Gasteiger partial charge in [-0.05, 0) is 19.8 Å². The first-order chi connectivity index (χ1) is 7.63. The van der Waals surface area contributed by atoms with Crippen LogP contribution in [0.4, 0.5) is 0 Å². The van der Waals surface area contributed by atoms with Crippen molar-refractivity contribution in [3.63, 3.8) is 0 Å². The van der Waals surface area contributed by atoms with E-state index in [-0.39, 0.29) is 31.0 Å². The van der Waals surface area contributed by atoms with Gasteiger partial charge in [0.25, 0.3) is 0 Å². The summed E-state index contributed by atoms with van der Waals surface area (Å²) in [5, 5.41) is 11.4. The highest BCUT2D eigenvalue weighted by Crippen LogP contribution is 2.10. The predicted octanol–water partition coefficient (Wildman–Crippen LogP) is -0.114. The van der Waals surface area contributed by atoms with Crippen LogP contribution < -0.4 is 5.32 Å². The largest absolute Gasteiger partial charge is 0.394 e. The van der Waals surface area contributed by atoms with Gasteiger partial charge in [0.1, 0.15) is 0 Å². The Hall–Kier alpha value is -1.10. The molecule has 0 spiro atoms. The SMILES string of the molecule is CC(CO)NC(=O)CN1CCCCCC1=O. The Morgan fingerprint density at radius 3 is 2.94 bits per heavy atom. The lowest BCUT2D eigenvalue weighted by molar-refractivity contribution is -0.135. The van der Waals surface area contributed by atoms with Crippen molar-refractivity contribution in [3.8, 4) is 0 Å². The zero-order valence-corrected chi connectivity index (χ0v) is 9.74. The van der Waals surface area contributed by atoms with Crippen molar-refractivity contribution >= 4 is 11.8 Å². The molecule has 2 amide bonds. The van der Waals surface area contributed by atoms with Crippen molar-refractivity contribution in [1.29, 1.82) is 0 Å². The van der Waals surface area contributed by atoms with Gasteiger partial charge in [-0.2, -0.15) is 0 Å². The molecule has 1 fully saturated rings. The van der Waals surface area contributed by atoms with Crippen molar-refractivity contribution in [2.75, 3.05) is 19.7 Å². The van der Waals surface area contributed by atoms with Crippen LogP contribution in [0.1, 0.15) is 32.6 Å². The molecular formula is C11H20N2O3. The Morgan fingerprint density at radius 2 is 2.25 bits per heavy atom. The number of rotatable bonds is 4. The summed E-state index contributed by atoms with van der Waals surface area (Å²) < 4.78 is 0. The molecule has 1 atom stereocenters. The summed E-state index contributed by atoms with van der Waals surface area (Å²) >= 11 is 0. The molecule has 16 heavy (non-hydrogen) atoms. The number of nitrogens with zero attached hydrogens (tertiary/aromatic N) is 1. The topological polar surface area (TPSA) is 69.6 Å². The first-order valence-electron chi connectivity index (χ1n) is 5.81. The lowest BCUT2D eigenvalue weighted by Crippen LogP contribution is -2.44. The lowest BCUT2D eigenvalue weighted by atomic mass is 10.2. The highest BCUT2D eigenvalue weighted by molar-refractivity contribution is 5.85. The fourth-order valence-corrected chi connectivity index (χ4v) is 1.75. The van der Waals surface area contributed by atoms with E-state index >= 15 is 0 Å². The molecule has 1 heterocycles. The Balaban J connectivity index is 2.39. The van der Waals surface area contributed by atoms with E-state index in [1.165, 1.54) is 0 Å². The van der Waals surface area contributed by atoms with E-state index in [2.05, 4.69) is 5.32 Å². The average molecular weight is 228 g/mol. The van der Waals surface area contributed by atoms with Gasteiger partial charge in [0.2, 0.25) is 11.8 Å². The molecule has 1 rings (SSSR count). The Labute approximate surface area is 95.8 Å². The van der Waals surface area contributed by atoms with Crippen LogP contribution in [0.3, 0.4) is 0 Å². The van der Waals surface area contributed by atoms with Crippen molar-refractivity contribution in [2.45, 2.75) is 38.6 Å². The van der Waals surface area contributed by atoms with E-state index in [4.69, 9.17) is 5.11 Å². The number of aliphatic hydroxyl groups is 1. The van der Waals surface area contributed by atoms with E-state index in [0.717, 1.165) is 19.3 Å². The number of carbonyl (C=O) groups is 2. The third-order valence-corrected chi connectivity index (χ3v) is 2.69. The Morgan fingerprint density at radius 1 is 1.50 bits per heavy atom. The molecule has 5 heteroatoms. The van der Waals surface area contributed by atoms with Crippen molar-refractivity contribution in [2.24, 2.45) is 0 Å². The van der Waals surface area contributed by atoms with Crippen molar-refractivity contribution < 1.29 is 14.7 Å². The molecule has 0 bridgehead atoms. The Bertz CT molecular complexity index is 256.